The van der Waals surface area contributed by atoms with E-state index in [0.29, 0.717) is 16.2 Å². The van der Waals surface area contributed by atoms with E-state index in [1.165, 1.54) is 7.05 Å². The van der Waals surface area contributed by atoms with Crippen LogP contribution in [0.5, 0.6) is 0 Å². The second-order valence-corrected chi connectivity index (χ2v) is 5.21. The SMILES string of the molecule is CN(C(=O)c1ccc(F)c(F)c1F)c1ccc(Br)cc1N. The van der Waals surface area contributed by atoms with Crippen LogP contribution in [0.4, 0.5) is 24.5 Å². The minimum Gasteiger partial charge on any atom is -0.397 e. The first-order valence-electron chi connectivity index (χ1n) is 5.79. The molecule has 0 radical (unpaired) electrons. The summed E-state index contributed by atoms with van der Waals surface area (Å²) in [5.41, 5.74) is 5.81. The van der Waals surface area contributed by atoms with Gasteiger partial charge in [-0.25, -0.2) is 13.2 Å². The van der Waals surface area contributed by atoms with Gasteiger partial charge in [0.1, 0.15) is 0 Å². The van der Waals surface area contributed by atoms with Gasteiger partial charge in [0.05, 0.1) is 16.9 Å². The average molecular weight is 359 g/mol. The molecule has 21 heavy (non-hydrogen) atoms. The fraction of sp³-hybridized carbons (Fsp3) is 0.0714. The summed E-state index contributed by atoms with van der Waals surface area (Å²) < 4.78 is 40.5. The van der Waals surface area contributed by atoms with Crippen LogP contribution in [0.25, 0.3) is 0 Å². The molecular formula is C14H10BrF3N2O. The summed E-state index contributed by atoms with van der Waals surface area (Å²) >= 11 is 3.22. The zero-order chi connectivity index (χ0) is 15.7. The van der Waals surface area contributed by atoms with Crippen LogP contribution in [0.3, 0.4) is 0 Å². The summed E-state index contributed by atoms with van der Waals surface area (Å²) in [6.45, 7) is 0. The van der Waals surface area contributed by atoms with Crippen molar-refractivity contribution in [2.24, 2.45) is 0 Å². The fourth-order valence-electron chi connectivity index (χ4n) is 1.81. The molecule has 0 heterocycles. The van der Waals surface area contributed by atoms with Gasteiger partial charge in [0, 0.05) is 11.5 Å². The van der Waals surface area contributed by atoms with Gasteiger partial charge in [-0.2, -0.15) is 0 Å². The topological polar surface area (TPSA) is 46.3 Å². The van der Waals surface area contributed by atoms with E-state index in [1.54, 1.807) is 18.2 Å². The van der Waals surface area contributed by atoms with E-state index in [2.05, 4.69) is 15.9 Å². The zero-order valence-electron chi connectivity index (χ0n) is 10.8. The quantitative estimate of drug-likeness (QED) is 0.656. The fourth-order valence-corrected chi connectivity index (χ4v) is 2.19. The monoisotopic (exact) mass is 358 g/mol. The molecule has 2 aromatic rings. The smallest absolute Gasteiger partial charge is 0.261 e. The van der Waals surface area contributed by atoms with Gasteiger partial charge in [-0.15, -0.1) is 0 Å². The largest absolute Gasteiger partial charge is 0.397 e. The highest BCUT2D eigenvalue weighted by Crippen LogP contribution is 2.27. The molecule has 0 aliphatic carbocycles. The Kier molecular flexibility index (Phi) is 4.22. The van der Waals surface area contributed by atoms with Crippen molar-refractivity contribution in [1.82, 2.24) is 0 Å². The first-order valence-corrected chi connectivity index (χ1v) is 6.58. The Morgan fingerprint density at radius 2 is 1.81 bits per heavy atom. The van der Waals surface area contributed by atoms with E-state index in [4.69, 9.17) is 5.73 Å². The second-order valence-electron chi connectivity index (χ2n) is 4.29. The Morgan fingerprint density at radius 1 is 1.14 bits per heavy atom. The van der Waals surface area contributed by atoms with E-state index in [1.807, 2.05) is 0 Å². The molecule has 2 rings (SSSR count). The number of nitrogens with two attached hydrogens (primary N) is 1. The van der Waals surface area contributed by atoms with Crippen molar-refractivity contribution >= 4 is 33.2 Å². The number of nitrogen functional groups attached to an aromatic ring is 1. The minimum absolute atomic E-state index is 0.281. The third-order valence-corrected chi connectivity index (χ3v) is 3.41. The number of anilines is 2. The number of hydrogen-bond donors (Lipinski definition) is 1. The zero-order valence-corrected chi connectivity index (χ0v) is 12.4. The van der Waals surface area contributed by atoms with Gasteiger partial charge < -0.3 is 10.6 Å². The Hall–Kier alpha value is -2.02. The van der Waals surface area contributed by atoms with Crippen LogP contribution in [-0.2, 0) is 0 Å². The standard InChI is InChI=1S/C14H10BrF3N2O/c1-20(11-5-2-7(15)6-10(11)19)14(21)8-3-4-9(16)13(18)12(8)17/h2-6H,19H2,1H3. The third kappa shape index (κ3) is 2.87. The number of halogens is 4. The summed E-state index contributed by atoms with van der Waals surface area (Å²) in [6, 6.07) is 6.36. The maximum absolute atomic E-state index is 13.7. The molecule has 0 unspecified atom stereocenters. The third-order valence-electron chi connectivity index (χ3n) is 2.92. The summed E-state index contributed by atoms with van der Waals surface area (Å²) in [5, 5.41) is 0. The van der Waals surface area contributed by atoms with Gasteiger partial charge in [-0.1, -0.05) is 15.9 Å². The van der Waals surface area contributed by atoms with Crippen LogP contribution < -0.4 is 10.6 Å². The van der Waals surface area contributed by atoms with Crippen molar-refractivity contribution in [3.05, 3.63) is 57.8 Å². The molecule has 2 N–H and O–H groups in total. The van der Waals surface area contributed by atoms with Crippen LogP contribution in [0.2, 0.25) is 0 Å². The van der Waals surface area contributed by atoms with Crippen molar-refractivity contribution < 1.29 is 18.0 Å². The molecule has 110 valence electrons. The molecule has 0 aromatic heterocycles. The van der Waals surface area contributed by atoms with Crippen LogP contribution >= 0.6 is 15.9 Å². The molecule has 0 saturated carbocycles. The average Bonchev–Trinajstić information content (AvgIpc) is 2.44. The Labute approximate surface area is 127 Å². The first kappa shape index (κ1) is 15.4. The number of carbonyl (C=O) groups excluding carboxylic acids is 1. The molecule has 1 amide bonds. The lowest BCUT2D eigenvalue weighted by Gasteiger charge is -2.20. The van der Waals surface area contributed by atoms with E-state index in [9.17, 15) is 18.0 Å². The summed E-state index contributed by atoms with van der Waals surface area (Å²) in [5.74, 6) is -5.39. The second kappa shape index (κ2) is 5.77. The number of benzene rings is 2. The molecule has 2 aromatic carbocycles. The van der Waals surface area contributed by atoms with Crippen LogP contribution in [0.1, 0.15) is 10.4 Å². The van der Waals surface area contributed by atoms with E-state index in [0.717, 1.165) is 11.0 Å². The van der Waals surface area contributed by atoms with Crippen molar-refractivity contribution in [2.45, 2.75) is 0 Å². The van der Waals surface area contributed by atoms with Crippen molar-refractivity contribution in [3.8, 4) is 0 Å². The lowest BCUT2D eigenvalue weighted by molar-refractivity contribution is 0.0988. The predicted molar refractivity (Wildman–Crippen MR) is 77.6 cm³/mol. The Morgan fingerprint density at radius 3 is 2.43 bits per heavy atom. The molecule has 0 aliphatic rings. The van der Waals surface area contributed by atoms with Gasteiger partial charge in [0.2, 0.25) is 0 Å². The summed E-state index contributed by atoms with van der Waals surface area (Å²) in [6.07, 6.45) is 0. The number of amides is 1. The Bertz CT molecular complexity index is 722. The van der Waals surface area contributed by atoms with E-state index < -0.39 is 28.9 Å². The lowest BCUT2D eigenvalue weighted by atomic mass is 10.1. The molecule has 0 spiro atoms. The van der Waals surface area contributed by atoms with E-state index in [-0.39, 0.29) is 5.69 Å². The molecular weight excluding hydrogens is 349 g/mol. The van der Waals surface area contributed by atoms with Crippen molar-refractivity contribution in [2.75, 3.05) is 17.7 Å². The van der Waals surface area contributed by atoms with Crippen LogP contribution in [0, 0.1) is 17.5 Å². The normalized spacial score (nSPS) is 10.5. The number of hydrogen-bond acceptors (Lipinski definition) is 2. The van der Waals surface area contributed by atoms with Crippen LogP contribution in [0.15, 0.2) is 34.8 Å². The minimum atomic E-state index is -1.68. The maximum atomic E-state index is 13.7. The summed E-state index contributed by atoms with van der Waals surface area (Å²) in [7, 11) is 1.36. The number of carbonyl (C=O) groups is 1. The van der Waals surface area contributed by atoms with Crippen molar-refractivity contribution in [1.29, 1.82) is 0 Å². The van der Waals surface area contributed by atoms with Gasteiger partial charge >= 0.3 is 0 Å². The molecule has 0 saturated heterocycles. The van der Waals surface area contributed by atoms with Gasteiger partial charge in [0.15, 0.2) is 17.5 Å². The first-order chi connectivity index (χ1) is 9.82. The number of nitrogens with zero attached hydrogens (tertiary/aromatic N) is 1. The van der Waals surface area contributed by atoms with E-state index >= 15 is 0 Å². The van der Waals surface area contributed by atoms with Gasteiger partial charge in [-0.05, 0) is 30.3 Å². The van der Waals surface area contributed by atoms with Gasteiger partial charge in [-0.3, -0.25) is 4.79 Å². The van der Waals surface area contributed by atoms with Gasteiger partial charge in [0.25, 0.3) is 5.91 Å². The molecule has 0 bridgehead atoms. The lowest BCUT2D eigenvalue weighted by Crippen LogP contribution is -2.28. The summed E-state index contributed by atoms with van der Waals surface area (Å²) in [4.78, 5) is 13.3. The number of rotatable bonds is 2. The molecule has 3 nitrogen and oxygen atoms in total. The molecule has 7 heteroatoms. The highest BCUT2D eigenvalue weighted by Gasteiger charge is 2.23. The Balaban J connectivity index is 2.42. The highest BCUT2D eigenvalue weighted by atomic mass is 79.9. The highest BCUT2D eigenvalue weighted by molar-refractivity contribution is 9.10. The molecule has 0 fully saturated rings. The van der Waals surface area contributed by atoms with Crippen molar-refractivity contribution in [3.63, 3.8) is 0 Å². The maximum Gasteiger partial charge on any atom is 0.261 e. The molecule has 0 aliphatic heterocycles. The predicted octanol–water partition coefficient (Wildman–Crippen LogP) is 3.73. The van der Waals surface area contributed by atoms with Crippen LogP contribution in [-0.4, -0.2) is 13.0 Å². The molecule has 0 atom stereocenters.